The number of rotatable bonds is 6. The minimum atomic E-state index is -0.338. The highest BCUT2D eigenvalue weighted by atomic mass is 19.1. The smallest absolute Gasteiger partial charge is 0.187 e. The van der Waals surface area contributed by atoms with Crippen molar-refractivity contribution in [1.29, 1.82) is 0 Å². The second-order valence-electron chi connectivity index (χ2n) is 7.35. The fraction of sp³-hybridized carbons (Fsp3) is 0.348. The van der Waals surface area contributed by atoms with E-state index in [1.54, 1.807) is 6.08 Å². The van der Waals surface area contributed by atoms with Gasteiger partial charge < -0.3 is 10.2 Å². The third-order valence-electron chi connectivity index (χ3n) is 5.06. The number of allylic oxidation sites excluding steroid dienone is 1. The average molecular weight is 366 g/mol. The molecule has 3 nitrogen and oxygen atoms in total. The summed E-state index contributed by atoms with van der Waals surface area (Å²) in [5.41, 5.74) is 3.42. The van der Waals surface area contributed by atoms with Gasteiger partial charge in [-0.3, -0.25) is 4.79 Å². The Morgan fingerprint density at radius 2 is 1.56 bits per heavy atom. The molecule has 0 atom stereocenters. The molecular weight excluding hydrogens is 339 g/mol. The summed E-state index contributed by atoms with van der Waals surface area (Å²) in [5.74, 6) is -0.458. The highest BCUT2D eigenvalue weighted by molar-refractivity contribution is 6.08. The fourth-order valence-corrected chi connectivity index (χ4v) is 3.44. The molecule has 0 saturated heterocycles. The molecule has 0 bridgehead atoms. The first-order valence-electron chi connectivity index (χ1n) is 9.59. The van der Waals surface area contributed by atoms with Gasteiger partial charge in [0.25, 0.3) is 0 Å². The van der Waals surface area contributed by atoms with Gasteiger partial charge in [-0.25, -0.2) is 4.39 Å². The van der Waals surface area contributed by atoms with Crippen LogP contribution in [0.1, 0.15) is 48.0 Å². The maximum absolute atomic E-state index is 13.1. The summed E-state index contributed by atoms with van der Waals surface area (Å²) in [5, 5.41) is 3.59. The first-order valence-corrected chi connectivity index (χ1v) is 9.59. The van der Waals surface area contributed by atoms with Crippen molar-refractivity contribution in [2.24, 2.45) is 0 Å². The molecule has 1 fully saturated rings. The van der Waals surface area contributed by atoms with E-state index in [1.807, 2.05) is 43.3 Å². The topological polar surface area (TPSA) is 32.3 Å². The van der Waals surface area contributed by atoms with Crippen molar-refractivity contribution in [1.82, 2.24) is 5.32 Å². The Morgan fingerprint density at radius 3 is 2.15 bits per heavy atom. The maximum atomic E-state index is 13.1. The predicted molar refractivity (Wildman–Crippen MR) is 109 cm³/mol. The van der Waals surface area contributed by atoms with Crippen molar-refractivity contribution in [3.8, 4) is 0 Å². The van der Waals surface area contributed by atoms with Gasteiger partial charge in [-0.15, -0.1) is 0 Å². The highest BCUT2D eigenvalue weighted by Crippen LogP contribution is 2.23. The molecule has 0 unspecified atom stereocenters. The lowest BCUT2D eigenvalue weighted by Gasteiger charge is -2.26. The quantitative estimate of drug-likeness (QED) is 0.574. The molecule has 1 aliphatic carbocycles. The summed E-state index contributed by atoms with van der Waals surface area (Å²) in [4.78, 5) is 14.8. The lowest BCUT2D eigenvalue weighted by Crippen LogP contribution is -2.30. The van der Waals surface area contributed by atoms with Gasteiger partial charge >= 0.3 is 0 Å². The van der Waals surface area contributed by atoms with Crippen LogP contribution in [0, 0.1) is 5.82 Å². The van der Waals surface area contributed by atoms with Crippen LogP contribution in [0.25, 0.3) is 5.70 Å². The van der Waals surface area contributed by atoms with Gasteiger partial charge in [-0.1, -0.05) is 31.4 Å². The second kappa shape index (κ2) is 8.85. The van der Waals surface area contributed by atoms with Crippen LogP contribution in [0.4, 0.5) is 10.1 Å². The summed E-state index contributed by atoms with van der Waals surface area (Å²) in [7, 11) is 4.01. The van der Waals surface area contributed by atoms with E-state index in [1.165, 1.54) is 43.5 Å². The summed E-state index contributed by atoms with van der Waals surface area (Å²) in [6.45, 7) is 0. The van der Waals surface area contributed by atoms with Gasteiger partial charge in [0.15, 0.2) is 5.78 Å². The second-order valence-corrected chi connectivity index (χ2v) is 7.35. The minimum Gasteiger partial charge on any atom is -0.382 e. The van der Waals surface area contributed by atoms with Crippen LogP contribution in [0.15, 0.2) is 54.6 Å². The SMILES string of the molecule is CN(C)c1ccc(/C(=C/C(=O)c2ccc(F)cc2)NC2CCCCC2)cc1. The summed E-state index contributed by atoms with van der Waals surface area (Å²) in [6, 6.07) is 14.3. The molecule has 0 heterocycles. The number of nitrogens with zero attached hydrogens (tertiary/aromatic N) is 1. The van der Waals surface area contributed by atoms with E-state index in [9.17, 15) is 9.18 Å². The van der Waals surface area contributed by atoms with Crippen LogP contribution in [0.3, 0.4) is 0 Å². The molecule has 0 aliphatic heterocycles. The van der Waals surface area contributed by atoms with Crippen LogP contribution in [0.2, 0.25) is 0 Å². The number of ketones is 1. The molecule has 4 heteroatoms. The van der Waals surface area contributed by atoms with Gasteiger partial charge in [0, 0.05) is 43.2 Å². The van der Waals surface area contributed by atoms with Gasteiger partial charge in [-0.05, 0) is 54.8 Å². The predicted octanol–water partition coefficient (Wildman–Crippen LogP) is 5.04. The maximum Gasteiger partial charge on any atom is 0.187 e. The highest BCUT2D eigenvalue weighted by Gasteiger charge is 2.16. The number of anilines is 1. The molecule has 3 rings (SSSR count). The van der Waals surface area contributed by atoms with E-state index in [0.29, 0.717) is 11.6 Å². The van der Waals surface area contributed by atoms with Crippen molar-refractivity contribution in [2.75, 3.05) is 19.0 Å². The number of carbonyl (C=O) groups is 1. The van der Waals surface area contributed by atoms with E-state index in [2.05, 4.69) is 5.32 Å². The van der Waals surface area contributed by atoms with Crippen molar-refractivity contribution >= 4 is 17.2 Å². The van der Waals surface area contributed by atoms with Crippen molar-refractivity contribution in [3.05, 3.63) is 71.6 Å². The normalized spacial score (nSPS) is 15.4. The van der Waals surface area contributed by atoms with Crippen molar-refractivity contribution in [3.63, 3.8) is 0 Å². The number of benzene rings is 2. The third-order valence-corrected chi connectivity index (χ3v) is 5.06. The Morgan fingerprint density at radius 1 is 0.963 bits per heavy atom. The van der Waals surface area contributed by atoms with E-state index in [0.717, 1.165) is 29.8 Å². The number of halogens is 1. The molecule has 27 heavy (non-hydrogen) atoms. The lowest BCUT2D eigenvalue weighted by atomic mass is 9.94. The molecule has 1 saturated carbocycles. The van der Waals surface area contributed by atoms with Crippen molar-refractivity contribution in [2.45, 2.75) is 38.1 Å². The first-order chi connectivity index (χ1) is 13.0. The summed E-state index contributed by atoms with van der Waals surface area (Å²) < 4.78 is 13.1. The van der Waals surface area contributed by atoms with E-state index in [4.69, 9.17) is 0 Å². The Labute approximate surface area is 160 Å². The number of hydrogen-bond donors (Lipinski definition) is 1. The number of hydrogen-bond acceptors (Lipinski definition) is 3. The summed E-state index contributed by atoms with van der Waals surface area (Å²) >= 11 is 0. The van der Waals surface area contributed by atoms with E-state index < -0.39 is 0 Å². The fourth-order valence-electron chi connectivity index (χ4n) is 3.44. The summed E-state index contributed by atoms with van der Waals surface area (Å²) in [6.07, 6.45) is 7.61. The van der Waals surface area contributed by atoms with E-state index in [-0.39, 0.29) is 11.6 Å². The number of carbonyl (C=O) groups excluding carboxylic acids is 1. The third kappa shape index (κ3) is 5.19. The zero-order valence-electron chi connectivity index (χ0n) is 16.0. The number of nitrogens with one attached hydrogen (secondary N) is 1. The Kier molecular flexibility index (Phi) is 6.28. The molecule has 0 radical (unpaired) electrons. The lowest BCUT2D eigenvalue weighted by molar-refractivity contribution is 0.104. The van der Waals surface area contributed by atoms with E-state index >= 15 is 0 Å². The molecule has 0 spiro atoms. The molecule has 2 aromatic carbocycles. The monoisotopic (exact) mass is 366 g/mol. The zero-order valence-corrected chi connectivity index (χ0v) is 16.0. The van der Waals surface area contributed by atoms with Crippen LogP contribution in [0.5, 0.6) is 0 Å². The van der Waals surface area contributed by atoms with Crippen LogP contribution < -0.4 is 10.2 Å². The molecule has 2 aromatic rings. The van der Waals surface area contributed by atoms with Gasteiger partial charge in [0.2, 0.25) is 0 Å². The van der Waals surface area contributed by atoms with Crippen LogP contribution >= 0.6 is 0 Å². The van der Waals surface area contributed by atoms with Crippen LogP contribution in [-0.2, 0) is 0 Å². The zero-order chi connectivity index (χ0) is 19.2. The largest absolute Gasteiger partial charge is 0.382 e. The molecule has 0 amide bonds. The molecular formula is C23H27FN2O. The molecule has 1 aliphatic rings. The van der Waals surface area contributed by atoms with Gasteiger partial charge in [0.1, 0.15) is 5.82 Å². The molecule has 0 aromatic heterocycles. The average Bonchev–Trinajstić information content (AvgIpc) is 2.69. The van der Waals surface area contributed by atoms with Crippen molar-refractivity contribution < 1.29 is 9.18 Å². The Balaban J connectivity index is 1.88. The van der Waals surface area contributed by atoms with Gasteiger partial charge in [0.05, 0.1) is 0 Å². The Bertz CT molecular complexity index is 788. The van der Waals surface area contributed by atoms with Crippen LogP contribution in [-0.4, -0.2) is 25.9 Å². The minimum absolute atomic E-state index is 0.120. The molecule has 1 N–H and O–H groups in total. The molecule has 142 valence electrons. The standard InChI is InChI=1S/C23H27FN2O/c1-26(2)21-14-10-17(11-15-21)22(25-20-6-4-3-5-7-20)16-23(27)18-8-12-19(24)13-9-18/h8-16,20,25H,3-7H2,1-2H3/b22-16-. The first kappa shape index (κ1) is 19.2. The van der Waals surface area contributed by atoms with Gasteiger partial charge in [-0.2, -0.15) is 0 Å². The Hall–Kier alpha value is -2.62.